The molecule has 0 radical (unpaired) electrons. The minimum Gasteiger partial charge on any atom is -0.493 e. The summed E-state index contributed by atoms with van der Waals surface area (Å²) >= 11 is 3.53. The summed E-state index contributed by atoms with van der Waals surface area (Å²) in [6.45, 7) is 0.402. The van der Waals surface area contributed by atoms with Gasteiger partial charge >= 0.3 is 0 Å². The quantitative estimate of drug-likeness (QED) is 0.353. The molecule has 7 heteroatoms. The monoisotopic (exact) mass is 480 g/mol. The highest BCUT2D eigenvalue weighted by Gasteiger charge is 2.59. The third-order valence-corrected chi connectivity index (χ3v) is 6.84. The molecule has 1 heterocycles. The summed E-state index contributed by atoms with van der Waals surface area (Å²) in [6.07, 6.45) is 6.56. The van der Waals surface area contributed by atoms with Crippen LogP contribution in [0, 0.1) is 23.7 Å². The Hall–Kier alpha value is -2.93. The zero-order chi connectivity index (χ0) is 21.5. The van der Waals surface area contributed by atoms with E-state index in [2.05, 4.69) is 33.2 Å². The van der Waals surface area contributed by atoms with Crippen molar-refractivity contribution in [3.05, 3.63) is 70.2 Å². The second-order valence-corrected chi connectivity index (χ2v) is 8.90. The number of fused-ring (bicyclic) bond motifs is 5. The largest absolute Gasteiger partial charge is 0.493 e. The van der Waals surface area contributed by atoms with Crippen LogP contribution in [0.5, 0.6) is 11.5 Å². The third kappa shape index (κ3) is 3.47. The first kappa shape index (κ1) is 20.0. The van der Waals surface area contributed by atoms with Crippen molar-refractivity contribution in [1.29, 1.82) is 0 Å². The fraction of sp³-hybridized carbons (Fsp3) is 0.292. The fourth-order valence-electron chi connectivity index (χ4n) is 4.81. The maximum atomic E-state index is 12.8. The van der Waals surface area contributed by atoms with Gasteiger partial charge in [-0.15, -0.1) is 0 Å². The van der Waals surface area contributed by atoms with Gasteiger partial charge in [-0.05, 0) is 57.4 Å². The number of hydrogen-bond acceptors (Lipinski definition) is 5. The number of imide groups is 1. The number of nitrogens with zero attached hydrogens (tertiary/aromatic N) is 2. The molecular formula is C24H21BrN2O4. The molecule has 0 spiro atoms. The Labute approximate surface area is 188 Å². The minimum atomic E-state index is -0.255. The third-order valence-electron chi connectivity index (χ3n) is 6.25. The predicted octanol–water partition coefficient (Wildman–Crippen LogP) is 4.18. The van der Waals surface area contributed by atoms with Crippen LogP contribution >= 0.6 is 15.9 Å². The summed E-state index contributed by atoms with van der Waals surface area (Å²) in [5, 5.41) is 5.28. The molecule has 1 aliphatic heterocycles. The molecule has 4 atom stereocenters. The fourth-order valence-corrected chi connectivity index (χ4v) is 5.38. The first-order valence-corrected chi connectivity index (χ1v) is 11.0. The van der Waals surface area contributed by atoms with Crippen LogP contribution in [0.3, 0.4) is 0 Å². The van der Waals surface area contributed by atoms with E-state index in [1.165, 1.54) is 6.21 Å². The molecule has 2 amide bonds. The average Bonchev–Trinajstić information content (AvgIpc) is 3.46. The molecule has 2 bridgehead atoms. The van der Waals surface area contributed by atoms with Crippen molar-refractivity contribution in [2.24, 2.45) is 28.8 Å². The lowest BCUT2D eigenvalue weighted by Crippen LogP contribution is -2.28. The number of carbonyl (C=O) groups excluding carboxylic acids is 2. The van der Waals surface area contributed by atoms with Gasteiger partial charge in [-0.25, -0.2) is 0 Å². The van der Waals surface area contributed by atoms with Crippen LogP contribution in [0.1, 0.15) is 17.5 Å². The predicted molar refractivity (Wildman–Crippen MR) is 119 cm³/mol. The van der Waals surface area contributed by atoms with Gasteiger partial charge in [0.25, 0.3) is 11.8 Å². The maximum Gasteiger partial charge on any atom is 0.254 e. The SMILES string of the molecule is COc1cc(C=NN2C(=O)[C@@H]3[C@H](C2=O)[C@H]2C=C[C@H]3C2)cc(Br)c1OCc1ccccc1. The summed E-state index contributed by atoms with van der Waals surface area (Å²) in [5.74, 6) is 0.543. The molecule has 1 saturated carbocycles. The van der Waals surface area contributed by atoms with Crippen molar-refractivity contribution in [1.82, 2.24) is 5.01 Å². The molecule has 31 heavy (non-hydrogen) atoms. The number of ether oxygens (including phenoxy) is 2. The van der Waals surface area contributed by atoms with Crippen molar-refractivity contribution in [2.75, 3.05) is 7.11 Å². The number of amides is 2. The van der Waals surface area contributed by atoms with Gasteiger partial charge in [0.05, 0.1) is 29.6 Å². The van der Waals surface area contributed by atoms with E-state index in [-0.39, 0.29) is 35.5 Å². The van der Waals surface area contributed by atoms with E-state index in [9.17, 15) is 9.59 Å². The normalized spacial score (nSPS) is 26.2. The first-order valence-electron chi connectivity index (χ1n) is 10.2. The first-order chi connectivity index (χ1) is 15.1. The van der Waals surface area contributed by atoms with Crippen molar-refractivity contribution >= 4 is 34.0 Å². The Balaban J connectivity index is 1.34. The summed E-state index contributed by atoms with van der Waals surface area (Å²) in [4.78, 5) is 25.6. The van der Waals surface area contributed by atoms with Crippen molar-refractivity contribution in [2.45, 2.75) is 13.0 Å². The lowest BCUT2D eigenvalue weighted by atomic mass is 9.85. The van der Waals surface area contributed by atoms with Gasteiger partial charge in [-0.1, -0.05) is 42.5 Å². The highest BCUT2D eigenvalue weighted by molar-refractivity contribution is 9.10. The second-order valence-electron chi connectivity index (χ2n) is 8.04. The Kier molecular flexibility index (Phi) is 5.14. The number of rotatable bonds is 6. The Morgan fingerprint density at radius 3 is 2.42 bits per heavy atom. The van der Waals surface area contributed by atoms with Gasteiger partial charge in [0.2, 0.25) is 0 Å². The number of methoxy groups -OCH3 is 1. The zero-order valence-electron chi connectivity index (χ0n) is 16.9. The molecule has 2 aromatic rings. The molecule has 0 N–H and O–H groups in total. The molecule has 2 aromatic carbocycles. The van der Waals surface area contributed by atoms with Crippen molar-refractivity contribution in [3.63, 3.8) is 0 Å². The lowest BCUT2D eigenvalue weighted by molar-refractivity contribution is -0.140. The van der Waals surface area contributed by atoms with E-state index in [1.54, 1.807) is 13.2 Å². The average molecular weight is 481 g/mol. The summed E-state index contributed by atoms with van der Waals surface area (Å²) in [6, 6.07) is 13.4. The van der Waals surface area contributed by atoms with Crippen LogP contribution in [0.25, 0.3) is 0 Å². The molecule has 5 rings (SSSR count). The number of carbonyl (C=O) groups is 2. The van der Waals surface area contributed by atoms with E-state index in [0.29, 0.717) is 28.1 Å². The summed E-state index contributed by atoms with van der Waals surface area (Å²) < 4.78 is 12.1. The van der Waals surface area contributed by atoms with E-state index < -0.39 is 0 Å². The lowest BCUT2D eigenvalue weighted by Gasteiger charge is -2.14. The molecule has 0 unspecified atom stereocenters. The molecule has 3 aliphatic rings. The summed E-state index contributed by atoms with van der Waals surface area (Å²) in [5.41, 5.74) is 1.73. The Morgan fingerprint density at radius 2 is 1.77 bits per heavy atom. The van der Waals surface area contributed by atoms with Crippen LogP contribution in [-0.2, 0) is 16.2 Å². The van der Waals surface area contributed by atoms with Crippen LogP contribution in [0.15, 0.2) is 64.2 Å². The van der Waals surface area contributed by atoms with Gasteiger partial charge in [0.1, 0.15) is 6.61 Å². The Morgan fingerprint density at radius 1 is 1.10 bits per heavy atom. The van der Waals surface area contributed by atoms with Gasteiger partial charge in [0, 0.05) is 0 Å². The molecule has 6 nitrogen and oxygen atoms in total. The van der Waals surface area contributed by atoms with Crippen molar-refractivity contribution in [3.8, 4) is 11.5 Å². The second kappa shape index (κ2) is 7.96. The van der Waals surface area contributed by atoms with Crippen molar-refractivity contribution < 1.29 is 19.1 Å². The number of halogens is 1. The number of allylic oxidation sites excluding steroid dienone is 2. The minimum absolute atomic E-state index is 0.168. The highest BCUT2D eigenvalue weighted by Crippen LogP contribution is 2.52. The number of hydrazone groups is 1. The van der Waals surface area contributed by atoms with Gasteiger partial charge < -0.3 is 9.47 Å². The summed E-state index contributed by atoms with van der Waals surface area (Å²) in [7, 11) is 1.57. The van der Waals surface area contributed by atoms with E-state index in [1.807, 2.05) is 36.4 Å². The topological polar surface area (TPSA) is 68.2 Å². The molecule has 0 aromatic heterocycles. The van der Waals surface area contributed by atoms with Crippen LogP contribution in [0.2, 0.25) is 0 Å². The van der Waals surface area contributed by atoms with Crippen LogP contribution < -0.4 is 9.47 Å². The molecule has 1 saturated heterocycles. The van der Waals surface area contributed by atoms with E-state index in [4.69, 9.17) is 9.47 Å². The highest BCUT2D eigenvalue weighted by atomic mass is 79.9. The molecular weight excluding hydrogens is 460 g/mol. The molecule has 2 aliphatic carbocycles. The number of hydrogen-bond donors (Lipinski definition) is 0. The van der Waals surface area contributed by atoms with Gasteiger partial charge in [-0.2, -0.15) is 10.1 Å². The van der Waals surface area contributed by atoms with Crippen LogP contribution in [0.4, 0.5) is 0 Å². The van der Waals surface area contributed by atoms with E-state index in [0.717, 1.165) is 17.0 Å². The standard InChI is InChI=1S/C24H21BrN2O4/c1-30-19-10-15(9-18(25)22(19)31-13-14-5-3-2-4-6-14)12-26-27-23(28)20-16-7-8-17(11-16)21(20)24(27)29/h2-10,12,16-17,20-21H,11,13H2,1H3/t16-,17-,20-,21+/m0/s1. The molecule has 158 valence electrons. The number of benzene rings is 2. The maximum absolute atomic E-state index is 12.8. The van der Waals surface area contributed by atoms with Gasteiger partial charge in [-0.3, -0.25) is 9.59 Å². The Bertz CT molecular complexity index is 1070. The molecule has 2 fully saturated rings. The van der Waals surface area contributed by atoms with Gasteiger partial charge in [0.15, 0.2) is 11.5 Å². The van der Waals surface area contributed by atoms with E-state index >= 15 is 0 Å². The smallest absolute Gasteiger partial charge is 0.254 e. The zero-order valence-corrected chi connectivity index (χ0v) is 18.5. The van der Waals surface area contributed by atoms with Crippen LogP contribution in [-0.4, -0.2) is 30.1 Å².